The molecular weight excluding hydrogens is 350 g/mol. The topological polar surface area (TPSA) is 99.4 Å². The summed E-state index contributed by atoms with van der Waals surface area (Å²) < 4.78 is 53.1. The maximum absolute atomic E-state index is 12.6. The number of carbonyl (C=O) groups is 1. The molecule has 0 aliphatic heterocycles. The molecule has 3 saturated carbocycles. The molecule has 0 heterocycles. The fourth-order valence-electron chi connectivity index (χ4n) is 4.97. The van der Waals surface area contributed by atoms with E-state index in [1.165, 1.54) is 24.3 Å². The summed E-state index contributed by atoms with van der Waals surface area (Å²) in [6.45, 7) is 0. The van der Waals surface area contributed by atoms with Crippen LogP contribution in [0.4, 0.5) is 0 Å². The highest BCUT2D eigenvalue weighted by Crippen LogP contribution is 2.59. The first-order valence-electron chi connectivity index (χ1n) is 8.13. The van der Waals surface area contributed by atoms with Gasteiger partial charge in [0.15, 0.2) is 5.78 Å². The summed E-state index contributed by atoms with van der Waals surface area (Å²) in [5.41, 5.74) is 0. The van der Waals surface area contributed by atoms with E-state index < -0.39 is 25.3 Å². The first-order valence-corrected chi connectivity index (χ1v) is 11.1. The quantitative estimate of drug-likeness (QED) is 0.810. The molecule has 0 N–H and O–H groups in total. The average Bonchev–Trinajstić information content (AvgIpc) is 3.18. The van der Waals surface area contributed by atoms with Crippen LogP contribution in [0.15, 0.2) is 35.2 Å². The van der Waals surface area contributed by atoms with Crippen molar-refractivity contribution in [2.75, 3.05) is 0 Å². The van der Waals surface area contributed by atoms with E-state index in [0.29, 0.717) is 12.3 Å². The van der Waals surface area contributed by atoms with E-state index in [1.54, 1.807) is 6.07 Å². The highest BCUT2D eigenvalue weighted by Gasteiger charge is 2.61. The number of nitrogens with zero attached hydrogens (tertiary/aromatic N) is 1. The maximum Gasteiger partial charge on any atom is 0.152 e. The van der Waals surface area contributed by atoms with Crippen molar-refractivity contribution in [1.29, 1.82) is 0 Å². The minimum Gasteiger partial charge on any atom is -0.431 e. The lowest BCUT2D eigenvalue weighted by atomic mass is 9.81. The van der Waals surface area contributed by atoms with Crippen LogP contribution in [0, 0.1) is 23.7 Å². The fraction of sp³-hybridized carbons (Fsp3) is 0.562. The zero-order valence-electron chi connectivity index (χ0n) is 12.9. The average molecular weight is 368 g/mol. The van der Waals surface area contributed by atoms with Crippen LogP contribution in [0.3, 0.4) is 0 Å². The Morgan fingerprint density at radius 2 is 1.58 bits per heavy atom. The molecule has 6 nitrogen and oxygen atoms in total. The molecule has 8 heteroatoms. The summed E-state index contributed by atoms with van der Waals surface area (Å²) in [4.78, 5) is 12.4. The van der Waals surface area contributed by atoms with Crippen molar-refractivity contribution >= 4 is 25.8 Å². The Balaban J connectivity index is 1.63. The zero-order chi connectivity index (χ0) is 17.1. The van der Waals surface area contributed by atoms with Gasteiger partial charge in [0, 0.05) is 10.8 Å². The molecular formula is C16H18NO5S2-. The summed E-state index contributed by atoms with van der Waals surface area (Å²) >= 11 is 0. The normalized spacial score (nSPS) is 35.3. The second-order valence-electron chi connectivity index (χ2n) is 6.97. The standard InChI is InChI=1S/C16H18NO5S2/c18-15-13-9-14(12-8-4-7-11(12)13)16(15)24(21,22)17-23(19,20)10-5-2-1-3-6-10/h1-3,5-6,11-14,16H,4,7-9H2/q-1. The Bertz CT molecular complexity index is 878. The molecule has 5 atom stereocenters. The van der Waals surface area contributed by atoms with Crippen LogP contribution >= 0.6 is 0 Å². The molecule has 0 aromatic heterocycles. The summed E-state index contributed by atoms with van der Waals surface area (Å²) in [5.74, 6) is -0.302. The van der Waals surface area contributed by atoms with Gasteiger partial charge in [-0.3, -0.25) is 4.79 Å². The lowest BCUT2D eigenvalue weighted by molar-refractivity contribution is -0.123. The first-order chi connectivity index (χ1) is 11.3. The highest BCUT2D eigenvalue weighted by molar-refractivity contribution is 8.12. The van der Waals surface area contributed by atoms with Crippen LogP contribution in [0.5, 0.6) is 0 Å². The third-order valence-electron chi connectivity index (χ3n) is 5.82. The van der Waals surface area contributed by atoms with Gasteiger partial charge in [-0.2, -0.15) is 0 Å². The third-order valence-corrected chi connectivity index (χ3v) is 9.52. The molecule has 0 saturated heterocycles. The van der Waals surface area contributed by atoms with E-state index in [9.17, 15) is 21.6 Å². The van der Waals surface area contributed by atoms with Crippen molar-refractivity contribution in [3.05, 3.63) is 34.5 Å². The SMILES string of the molecule is O=C1C2CC(C3CCCC23)C1S(=O)(=O)[N-]S(=O)(=O)c1ccccc1. The fourth-order valence-corrected chi connectivity index (χ4v) is 8.51. The molecule has 1 aromatic rings. The van der Waals surface area contributed by atoms with Crippen LogP contribution in [0.25, 0.3) is 4.13 Å². The molecule has 24 heavy (non-hydrogen) atoms. The van der Waals surface area contributed by atoms with Gasteiger partial charge in [-0.05, 0) is 49.1 Å². The molecule has 4 rings (SSSR count). The van der Waals surface area contributed by atoms with Crippen molar-refractivity contribution in [3.63, 3.8) is 0 Å². The Hall–Kier alpha value is -1.25. The Morgan fingerprint density at radius 1 is 0.917 bits per heavy atom. The number of rotatable bonds is 4. The minimum atomic E-state index is -4.40. The molecule has 130 valence electrons. The first kappa shape index (κ1) is 16.2. The van der Waals surface area contributed by atoms with Crippen molar-refractivity contribution < 1.29 is 21.6 Å². The van der Waals surface area contributed by atoms with Gasteiger partial charge in [-0.15, -0.1) is 0 Å². The third kappa shape index (κ3) is 2.34. The largest absolute Gasteiger partial charge is 0.431 e. The van der Waals surface area contributed by atoms with Crippen LogP contribution in [0.2, 0.25) is 0 Å². The molecule has 0 amide bonds. The Morgan fingerprint density at radius 3 is 2.29 bits per heavy atom. The van der Waals surface area contributed by atoms with Crippen LogP contribution in [-0.4, -0.2) is 27.9 Å². The molecule has 3 fully saturated rings. The predicted molar refractivity (Wildman–Crippen MR) is 87.1 cm³/mol. The molecule has 3 aliphatic rings. The van der Waals surface area contributed by atoms with Gasteiger partial charge in [-0.25, -0.2) is 16.8 Å². The van der Waals surface area contributed by atoms with Gasteiger partial charge in [0.25, 0.3) is 0 Å². The number of carbonyl (C=O) groups excluding carboxylic acids is 1. The van der Waals surface area contributed by atoms with Crippen LogP contribution in [-0.2, 0) is 24.8 Å². The second-order valence-corrected chi connectivity index (χ2v) is 10.5. The van der Waals surface area contributed by atoms with E-state index >= 15 is 0 Å². The van der Waals surface area contributed by atoms with Gasteiger partial charge in [-0.1, -0.05) is 24.6 Å². The molecule has 3 aliphatic carbocycles. The van der Waals surface area contributed by atoms with Crippen LogP contribution in [0.1, 0.15) is 25.7 Å². The summed E-state index contributed by atoms with van der Waals surface area (Å²) in [6.07, 6.45) is 3.49. The monoisotopic (exact) mass is 368 g/mol. The second kappa shape index (κ2) is 5.37. The molecule has 0 radical (unpaired) electrons. The number of ketones is 1. The van der Waals surface area contributed by atoms with E-state index in [2.05, 4.69) is 4.13 Å². The van der Waals surface area contributed by atoms with Gasteiger partial charge < -0.3 is 4.13 Å². The number of Topliss-reactive ketones (excluding diaryl/α,β-unsaturated/α-hetero) is 1. The maximum atomic E-state index is 12.6. The highest BCUT2D eigenvalue weighted by atomic mass is 32.3. The summed E-state index contributed by atoms with van der Waals surface area (Å²) in [6, 6.07) is 7.23. The van der Waals surface area contributed by atoms with E-state index in [0.717, 1.165) is 19.3 Å². The predicted octanol–water partition coefficient (Wildman–Crippen LogP) is 2.08. The lowest BCUT2D eigenvalue weighted by Crippen LogP contribution is -2.41. The van der Waals surface area contributed by atoms with Gasteiger partial charge in [0.05, 0.1) is 10.0 Å². The Kier molecular flexibility index (Phi) is 3.63. The smallest absolute Gasteiger partial charge is 0.152 e. The zero-order valence-corrected chi connectivity index (χ0v) is 14.5. The van der Waals surface area contributed by atoms with Crippen molar-refractivity contribution in [1.82, 2.24) is 0 Å². The minimum absolute atomic E-state index is 0.178. The number of hydrogen-bond donors (Lipinski definition) is 0. The number of benzene rings is 1. The molecule has 5 unspecified atom stereocenters. The van der Waals surface area contributed by atoms with E-state index in [1.807, 2.05) is 0 Å². The molecule has 1 aromatic carbocycles. The molecule has 2 bridgehead atoms. The van der Waals surface area contributed by atoms with E-state index in [4.69, 9.17) is 0 Å². The number of sulfonamides is 2. The Labute approximate surface area is 141 Å². The van der Waals surface area contributed by atoms with Crippen molar-refractivity contribution in [2.45, 2.75) is 35.8 Å². The van der Waals surface area contributed by atoms with Crippen molar-refractivity contribution in [3.8, 4) is 0 Å². The van der Waals surface area contributed by atoms with Gasteiger partial charge >= 0.3 is 0 Å². The number of fused-ring (bicyclic) bond motifs is 5. The molecule has 0 spiro atoms. The van der Waals surface area contributed by atoms with E-state index in [-0.39, 0.29) is 28.4 Å². The van der Waals surface area contributed by atoms with Gasteiger partial charge in [0.1, 0.15) is 15.3 Å². The van der Waals surface area contributed by atoms with Crippen LogP contribution < -0.4 is 0 Å². The summed E-state index contributed by atoms with van der Waals surface area (Å²) in [7, 11) is -8.73. The summed E-state index contributed by atoms with van der Waals surface area (Å²) in [5, 5.41) is -1.28. The van der Waals surface area contributed by atoms with Gasteiger partial charge in [0.2, 0.25) is 0 Å². The number of hydrogen-bond acceptors (Lipinski definition) is 5. The lowest BCUT2D eigenvalue weighted by Gasteiger charge is -2.34. The van der Waals surface area contributed by atoms with Crippen molar-refractivity contribution in [2.24, 2.45) is 23.7 Å².